The second-order valence-electron chi connectivity index (χ2n) is 6.71. The fraction of sp³-hybridized carbons (Fsp3) is 0.238. The van der Waals surface area contributed by atoms with Gasteiger partial charge in [-0.25, -0.2) is 8.42 Å². The van der Waals surface area contributed by atoms with Crippen LogP contribution in [0, 0.1) is 0 Å². The average Bonchev–Trinajstić information content (AvgIpc) is 2.71. The zero-order valence-corrected chi connectivity index (χ0v) is 17.0. The third kappa shape index (κ3) is 4.48. The molecule has 0 bridgehead atoms. The maximum absolute atomic E-state index is 13.0. The summed E-state index contributed by atoms with van der Waals surface area (Å²) in [5, 5.41) is 2.64. The number of carbonyl (C=O) groups is 2. The number of rotatable bonds is 6. The summed E-state index contributed by atoms with van der Waals surface area (Å²) < 4.78 is 28.4. The lowest BCUT2D eigenvalue weighted by Crippen LogP contribution is -2.33. The molecular weight excluding hydrogens is 390 g/mol. The van der Waals surface area contributed by atoms with Crippen LogP contribution in [-0.2, 0) is 21.2 Å². The number of benzene rings is 2. The Morgan fingerprint density at radius 2 is 1.97 bits per heavy atom. The predicted octanol–water partition coefficient (Wildman–Crippen LogP) is 2.70. The molecule has 0 saturated carbocycles. The Balaban J connectivity index is 1.91. The Hall–Kier alpha value is -3.13. The summed E-state index contributed by atoms with van der Waals surface area (Å²) in [4.78, 5) is 25.9. The highest BCUT2D eigenvalue weighted by atomic mass is 32.2. The van der Waals surface area contributed by atoms with Gasteiger partial charge in [-0.3, -0.25) is 14.3 Å². The van der Waals surface area contributed by atoms with E-state index in [0.717, 1.165) is 17.7 Å². The van der Waals surface area contributed by atoms with Gasteiger partial charge in [-0.15, -0.1) is 6.58 Å². The molecule has 2 aromatic carbocycles. The second kappa shape index (κ2) is 8.48. The van der Waals surface area contributed by atoms with E-state index in [1.165, 1.54) is 19.1 Å². The number of amides is 2. The molecule has 8 heteroatoms. The molecule has 29 heavy (non-hydrogen) atoms. The van der Waals surface area contributed by atoms with Crippen molar-refractivity contribution in [1.82, 2.24) is 5.32 Å². The lowest BCUT2D eigenvalue weighted by Gasteiger charge is -2.28. The standard InChI is InChI=1S/C21H23N3O4S/c1-3-12-22-21(26)18-8-4-5-9-19(18)23-29(27,28)17-10-11-20-16(14-17)7-6-13-24(20)15(2)25/h3-5,8-11,14,23H,1,6-7,12-13H2,2H3,(H,22,26). The highest BCUT2D eigenvalue weighted by Crippen LogP contribution is 2.30. The third-order valence-corrected chi connectivity index (χ3v) is 6.05. The number of para-hydroxylation sites is 1. The topological polar surface area (TPSA) is 95.6 Å². The molecule has 2 N–H and O–H groups in total. The first-order chi connectivity index (χ1) is 13.8. The van der Waals surface area contributed by atoms with E-state index in [2.05, 4.69) is 16.6 Å². The van der Waals surface area contributed by atoms with Crippen LogP contribution in [0.4, 0.5) is 11.4 Å². The van der Waals surface area contributed by atoms with Gasteiger partial charge >= 0.3 is 0 Å². The van der Waals surface area contributed by atoms with E-state index in [1.807, 2.05) is 0 Å². The van der Waals surface area contributed by atoms with Gasteiger partial charge in [0.05, 0.1) is 16.1 Å². The highest BCUT2D eigenvalue weighted by Gasteiger charge is 2.24. The first-order valence-corrected chi connectivity index (χ1v) is 10.7. The van der Waals surface area contributed by atoms with Crippen LogP contribution in [-0.4, -0.2) is 33.3 Å². The fourth-order valence-corrected chi connectivity index (χ4v) is 4.43. The van der Waals surface area contributed by atoms with Crippen molar-refractivity contribution in [2.24, 2.45) is 0 Å². The Kier molecular flexibility index (Phi) is 6.03. The molecule has 0 unspecified atom stereocenters. The Bertz CT molecular complexity index is 1060. The van der Waals surface area contributed by atoms with E-state index in [4.69, 9.17) is 0 Å². The van der Waals surface area contributed by atoms with Gasteiger partial charge in [0.2, 0.25) is 5.91 Å². The number of hydrogen-bond acceptors (Lipinski definition) is 4. The van der Waals surface area contributed by atoms with Crippen molar-refractivity contribution in [2.45, 2.75) is 24.7 Å². The minimum atomic E-state index is -3.91. The van der Waals surface area contributed by atoms with E-state index in [-0.39, 0.29) is 28.6 Å². The van der Waals surface area contributed by atoms with Crippen LogP contribution in [0.15, 0.2) is 60.0 Å². The Morgan fingerprint density at radius 3 is 2.69 bits per heavy atom. The quantitative estimate of drug-likeness (QED) is 0.712. The Morgan fingerprint density at radius 1 is 1.21 bits per heavy atom. The van der Waals surface area contributed by atoms with Crippen molar-refractivity contribution >= 4 is 33.2 Å². The summed E-state index contributed by atoms with van der Waals surface area (Å²) in [6, 6.07) is 11.1. The summed E-state index contributed by atoms with van der Waals surface area (Å²) in [7, 11) is -3.91. The largest absolute Gasteiger partial charge is 0.349 e. The third-order valence-electron chi connectivity index (χ3n) is 4.68. The van der Waals surface area contributed by atoms with Crippen LogP contribution in [0.3, 0.4) is 0 Å². The van der Waals surface area contributed by atoms with E-state index in [1.54, 1.807) is 41.3 Å². The van der Waals surface area contributed by atoms with Crippen LogP contribution in [0.2, 0.25) is 0 Å². The van der Waals surface area contributed by atoms with Gasteiger partial charge in [0, 0.05) is 25.7 Å². The smallest absolute Gasteiger partial charge is 0.261 e. The van der Waals surface area contributed by atoms with E-state index in [9.17, 15) is 18.0 Å². The molecule has 0 aromatic heterocycles. The normalized spacial score (nSPS) is 13.3. The number of nitrogens with one attached hydrogen (secondary N) is 2. The van der Waals surface area contributed by atoms with E-state index < -0.39 is 15.9 Å². The SMILES string of the molecule is C=CCNC(=O)c1ccccc1NS(=O)(=O)c1ccc2c(c1)CCCN2C(C)=O. The molecule has 1 heterocycles. The van der Waals surface area contributed by atoms with Crippen molar-refractivity contribution in [1.29, 1.82) is 0 Å². The molecule has 1 aliphatic rings. The monoisotopic (exact) mass is 413 g/mol. The number of fused-ring (bicyclic) bond motifs is 1. The van der Waals surface area contributed by atoms with Crippen LogP contribution >= 0.6 is 0 Å². The van der Waals surface area contributed by atoms with Crippen molar-refractivity contribution < 1.29 is 18.0 Å². The van der Waals surface area contributed by atoms with Crippen LogP contribution < -0.4 is 14.9 Å². The molecule has 0 atom stereocenters. The Labute approximate surface area is 170 Å². The fourth-order valence-electron chi connectivity index (χ4n) is 3.30. The highest BCUT2D eigenvalue weighted by molar-refractivity contribution is 7.92. The average molecular weight is 413 g/mol. The first-order valence-electron chi connectivity index (χ1n) is 9.25. The van der Waals surface area contributed by atoms with Gasteiger partial charge in [-0.05, 0) is 48.7 Å². The minimum absolute atomic E-state index is 0.0702. The predicted molar refractivity (Wildman–Crippen MR) is 113 cm³/mol. The molecular formula is C21H23N3O4S. The van der Waals surface area contributed by atoms with Crippen molar-refractivity contribution in [3.63, 3.8) is 0 Å². The first kappa shape index (κ1) is 20.6. The lowest BCUT2D eigenvalue weighted by atomic mass is 10.0. The van der Waals surface area contributed by atoms with Gasteiger partial charge in [-0.1, -0.05) is 18.2 Å². The maximum Gasteiger partial charge on any atom is 0.261 e. The molecule has 0 fully saturated rings. The number of carbonyl (C=O) groups excluding carboxylic acids is 2. The van der Waals surface area contributed by atoms with Crippen molar-refractivity contribution in [3.05, 3.63) is 66.2 Å². The second-order valence-corrected chi connectivity index (χ2v) is 8.40. The van der Waals surface area contributed by atoms with Gasteiger partial charge < -0.3 is 10.2 Å². The molecule has 0 aliphatic carbocycles. The van der Waals surface area contributed by atoms with E-state index in [0.29, 0.717) is 13.0 Å². The lowest BCUT2D eigenvalue weighted by molar-refractivity contribution is -0.116. The zero-order valence-electron chi connectivity index (χ0n) is 16.1. The number of sulfonamides is 1. The van der Waals surface area contributed by atoms with Gasteiger partial charge in [0.15, 0.2) is 0 Å². The summed E-state index contributed by atoms with van der Waals surface area (Å²) >= 11 is 0. The maximum atomic E-state index is 13.0. The molecule has 152 valence electrons. The molecule has 2 amide bonds. The molecule has 3 rings (SSSR count). The summed E-state index contributed by atoms with van der Waals surface area (Å²) in [6.07, 6.45) is 3.01. The summed E-state index contributed by atoms with van der Waals surface area (Å²) in [5.74, 6) is -0.468. The van der Waals surface area contributed by atoms with Crippen LogP contribution in [0.25, 0.3) is 0 Å². The number of anilines is 2. The van der Waals surface area contributed by atoms with Crippen molar-refractivity contribution in [3.8, 4) is 0 Å². The zero-order chi connectivity index (χ0) is 21.0. The van der Waals surface area contributed by atoms with Gasteiger partial charge in [-0.2, -0.15) is 0 Å². The van der Waals surface area contributed by atoms with Gasteiger partial charge in [0.1, 0.15) is 0 Å². The van der Waals surface area contributed by atoms with Crippen molar-refractivity contribution in [2.75, 3.05) is 22.7 Å². The van der Waals surface area contributed by atoms with Crippen LogP contribution in [0.1, 0.15) is 29.3 Å². The number of hydrogen-bond donors (Lipinski definition) is 2. The summed E-state index contributed by atoms with van der Waals surface area (Å²) in [6.45, 7) is 5.94. The van der Waals surface area contributed by atoms with Gasteiger partial charge in [0.25, 0.3) is 15.9 Å². The van der Waals surface area contributed by atoms with Crippen LogP contribution in [0.5, 0.6) is 0 Å². The molecule has 1 aliphatic heterocycles. The van der Waals surface area contributed by atoms with E-state index >= 15 is 0 Å². The summed E-state index contributed by atoms with van der Waals surface area (Å²) in [5.41, 5.74) is 1.97. The minimum Gasteiger partial charge on any atom is -0.349 e. The molecule has 0 radical (unpaired) electrons. The molecule has 7 nitrogen and oxygen atoms in total. The molecule has 0 spiro atoms. The number of aryl methyl sites for hydroxylation is 1. The molecule has 0 saturated heterocycles. The number of nitrogens with zero attached hydrogens (tertiary/aromatic N) is 1. The molecule has 2 aromatic rings.